The highest BCUT2D eigenvalue weighted by molar-refractivity contribution is 5.84. The predicted molar refractivity (Wildman–Crippen MR) is 103 cm³/mol. The van der Waals surface area contributed by atoms with E-state index in [1.54, 1.807) is 0 Å². The zero-order chi connectivity index (χ0) is 18.5. The minimum atomic E-state index is -0.162. The van der Waals surface area contributed by atoms with E-state index in [0.29, 0.717) is 24.9 Å². The molecule has 26 heavy (non-hydrogen) atoms. The number of nitrogens with one attached hydrogen (secondary N) is 2. The predicted octanol–water partition coefficient (Wildman–Crippen LogP) is 4.03. The van der Waals surface area contributed by atoms with Gasteiger partial charge in [0.2, 0.25) is 5.91 Å². The number of piperidine rings is 1. The number of fused-ring (bicyclic) bond motifs is 1. The molecule has 0 radical (unpaired) electrons. The molecule has 2 atom stereocenters. The molecule has 1 fully saturated rings. The molecule has 5 heteroatoms. The van der Waals surface area contributed by atoms with Gasteiger partial charge < -0.3 is 19.8 Å². The summed E-state index contributed by atoms with van der Waals surface area (Å²) >= 11 is 0. The number of benzene rings is 1. The molecule has 1 aromatic carbocycles. The standard InChI is InChI=1S/C21H30N2O3/c1-4-25-18-7-5-6-17-13-19(26-21(17)18)15(3)23-20(24)12-14(2)16-8-10-22-11-9-16/h5-7,13-16,22H,4,8-12H2,1-3H3,(H,23,24). The van der Waals surface area contributed by atoms with Crippen LogP contribution in [0.4, 0.5) is 0 Å². The lowest BCUT2D eigenvalue weighted by atomic mass is 9.84. The molecule has 2 heterocycles. The Kier molecular flexibility index (Phi) is 6.20. The first kappa shape index (κ1) is 18.8. The van der Waals surface area contributed by atoms with Crippen molar-refractivity contribution in [3.63, 3.8) is 0 Å². The van der Waals surface area contributed by atoms with Crippen molar-refractivity contribution < 1.29 is 13.9 Å². The first-order valence-electron chi connectivity index (χ1n) is 9.73. The fraction of sp³-hybridized carbons (Fsp3) is 0.571. The lowest BCUT2D eigenvalue weighted by Crippen LogP contribution is -2.34. The molecule has 0 bridgehead atoms. The quantitative estimate of drug-likeness (QED) is 0.784. The van der Waals surface area contributed by atoms with Crippen molar-refractivity contribution in [2.24, 2.45) is 11.8 Å². The van der Waals surface area contributed by atoms with E-state index in [0.717, 1.165) is 48.4 Å². The van der Waals surface area contributed by atoms with E-state index in [1.807, 2.05) is 38.1 Å². The molecule has 5 nitrogen and oxygen atoms in total. The number of hydrogen-bond acceptors (Lipinski definition) is 4. The number of rotatable bonds is 7. The van der Waals surface area contributed by atoms with Crippen LogP contribution in [-0.4, -0.2) is 25.6 Å². The Bertz CT molecular complexity index is 734. The molecule has 1 amide bonds. The van der Waals surface area contributed by atoms with Crippen LogP contribution in [0, 0.1) is 11.8 Å². The molecule has 1 aromatic heterocycles. The van der Waals surface area contributed by atoms with E-state index in [4.69, 9.17) is 9.15 Å². The van der Waals surface area contributed by atoms with E-state index in [1.165, 1.54) is 0 Å². The monoisotopic (exact) mass is 358 g/mol. The van der Waals surface area contributed by atoms with Crippen LogP contribution in [0.2, 0.25) is 0 Å². The van der Waals surface area contributed by atoms with Crippen molar-refractivity contribution in [2.75, 3.05) is 19.7 Å². The smallest absolute Gasteiger partial charge is 0.220 e. The molecule has 3 rings (SSSR count). The molecule has 142 valence electrons. The molecule has 0 aliphatic carbocycles. The number of ether oxygens (including phenoxy) is 1. The third kappa shape index (κ3) is 4.39. The van der Waals surface area contributed by atoms with Crippen LogP contribution >= 0.6 is 0 Å². The Morgan fingerprint density at radius 3 is 2.85 bits per heavy atom. The third-order valence-electron chi connectivity index (χ3n) is 5.33. The fourth-order valence-corrected chi connectivity index (χ4v) is 3.78. The second kappa shape index (κ2) is 8.58. The van der Waals surface area contributed by atoms with Gasteiger partial charge in [-0.05, 0) is 63.7 Å². The maximum absolute atomic E-state index is 12.5. The van der Waals surface area contributed by atoms with Crippen molar-refractivity contribution in [2.45, 2.75) is 46.1 Å². The van der Waals surface area contributed by atoms with Gasteiger partial charge in [0.05, 0.1) is 12.6 Å². The second-order valence-electron chi connectivity index (χ2n) is 7.31. The lowest BCUT2D eigenvalue weighted by Gasteiger charge is -2.28. The molecule has 0 spiro atoms. The van der Waals surface area contributed by atoms with Crippen LogP contribution in [0.1, 0.15) is 51.8 Å². The summed E-state index contributed by atoms with van der Waals surface area (Å²) in [5.74, 6) is 2.64. The summed E-state index contributed by atoms with van der Waals surface area (Å²) in [4.78, 5) is 12.5. The maximum Gasteiger partial charge on any atom is 0.220 e. The number of carbonyl (C=O) groups is 1. The summed E-state index contributed by atoms with van der Waals surface area (Å²) in [5, 5.41) is 7.46. The highest BCUT2D eigenvalue weighted by atomic mass is 16.5. The first-order valence-corrected chi connectivity index (χ1v) is 9.73. The van der Waals surface area contributed by atoms with Gasteiger partial charge in [0.25, 0.3) is 0 Å². The Morgan fingerprint density at radius 1 is 1.35 bits per heavy atom. The molecule has 2 aromatic rings. The van der Waals surface area contributed by atoms with Gasteiger partial charge in [0, 0.05) is 11.8 Å². The van der Waals surface area contributed by atoms with Crippen molar-refractivity contribution in [3.05, 3.63) is 30.0 Å². The fourth-order valence-electron chi connectivity index (χ4n) is 3.78. The van der Waals surface area contributed by atoms with Crippen LogP contribution in [0.25, 0.3) is 11.0 Å². The summed E-state index contributed by atoms with van der Waals surface area (Å²) in [6.07, 6.45) is 2.89. The number of furan rings is 1. The number of amides is 1. The van der Waals surface area contributed by atoms with E-state index in [2.05, 4.69) is 17.6 Å². The van der Waals surface area contributed by atoms with Crippen molar-refractivity contribution in [3.8, 4) is 5.75 Å². The molecular formula is C21H30N2O3. The Hall–Kier alpha value is -2.01. The van der Waals surface area contributed by atoms with Crippen LogP contribution < -0.4 is 15.4 Å². The molecule has 2 N–H and O–H groups in total. The van der Waals surface area contributed by atoms with Gasteiger partial charge in [-0.1, -0.05) is 19.1 Å². The minimum absolute atomic E-state index is 0.0917. The number of carbonyl (C=O) groups excluding carboxylic acids is 1. The molecular weight excluding hydrogens is 328 g/mol. The average Bonchev–Trinajstić information content (AvgIpc) is 3.08. The Morgan fingerprint density at radius 2 is 2.12 bits per heavy atom. The summed E-state index contributed by atoms with van der Waals surface area (Å²) < 4.78 is 11.6. The van der Waals surface area contributed by atoms with Gasteiger partial charge in [-0.25, -0.2) is 0 Å². The highest BCUT2D eigenvalue weighted by Gasteiger charge is 2.23. The SMILES string of the molecule is CCOc1cccc2cc(C(C)NC(=O)CC(C)C3CCNCC3)oc12. The Labute approximate surface area is 155 Å². The third-order valence-corrected chi connectivity index (χ3v) is 5.33. The summed E-state index contributed by atoms with van der Waals surface area (Å²) in [6.45, 7) is 8.83. The minimum Gasteiger partial charge on any atom is -0.490 e. The van der Waals surface area contributed by atoms with Gasteiger partial charge in [-0.3, -0.25) is 4.79 Å². The van der Waals surface area contributed by atoms with Gasteiger partial charge in [0.15, 0.2) is 11.3 Å². The van der Waals surface area contributed by atoms with Crippen LogP contribution in [-0.2, 0) is 4.79 Å². The van der Waals surface area contributed by atoms with Crippen LogP contribution in [0.5, 0.6) is 5.75 Å². The normalized spacial score (nSPS) is 17.8. The molecule has 0 saturated carbocycles. The molecule has 1 aliphatic rings. The topological polar surface area (TPSA) is 63.5 Å². The Balaban J connectivity index is 1.62. The van der Waals surface area contributed by atoms with Crippen molar-refractivity contribution >= 4 is 16.9 Å². The van der Waals surface area contributed by atoms with Crippen LogP contribution in [0.3, 0.4) is 0 Å². The van der Waals surface area contributed by atoms with Crippen LogP contribution in [0.15, 0.2) is 28.7 Å². The summed E-state index contributed by atoms with van der Waals surface area (Å²) in [5.41, 5.74) is 0.744. The molecule has 1 aliphatic heterocycles. The first-order chi connectivity index (χ1) is 12.6. The van der Waals surface area contributed by atoms with Crippen molar-refractivity contribution in [1.82, 2.24) is 10.6 Å². The average molecular weight is 358 g/mol. The van der Waals surface area contributed by atoms with Gasteiger partial charge in [-0.2, -0.15) is 0 Å². The van der Waals surface area contributed by atoms with E-state index >= 15 is 0 Å². The lowest BCUT2D eigenvalue weighted by molar-refractivity contribution is -0.123. The second-order valence-corrected chi connectivity index (χ2v) is 7.31. The highest BCUT2D eigenvalue weighted by Crippen LogP contribution is 2.31. The summed E-state index contributed by atoms with van der Waals surface area (Å²) in [6, 6.07) is 7.68. The van der Waals surface area contributed by atoms with Crippen molar-refractivity contribution in [1.29, 1.82) is 0 Å². The number of para-hydroxylation sites is 1. The molecule has 2 unspecified atom stereocenters. The van der Waals surface area contributed by atoms with E-state index in [-0.39, 0.29) is 11.9 Å². The van der Waals surface area contributed by atoms with Gasteiger partial charge >= 0.3 is 0 Å². The summed E-state index contributed by atoms with van der Waals surface area (Å²) in [7, 11) is 0. The largest absolute Gasteiger partial charge is 0.490 e. The maximum atomic E-state index is 12.5. The molecule has 1 saturated heterocycles. The number of hydrogen-bond donors (Lipinski definition) is 2. The van der Waals surface area contributed by atoms with Gasteiger partial charge in [-0.15, -0.1) is 0 Å². The zero-order valence-corrected chi connectivity index (χ0v) is 16.0. The zero-order valence-electron chi connectivity index (χ0n) is 16.0. The van der Waals surface area contributed by atoms with E-state index < -0.39 is 0 Å². The van der Waals surface area contributed by atoms with E-state index in [9.17, 15) is 4.79 Å². The van der Waals surface area contributed by atoms with Gasteiger partial charge in [0.1, 0.15) is 5.76 Å².